The maximum absolute atomic E-state index is 11.6. The van der Waals surface area contributed by atoms with Gasteiger partial charge in [-0.05, 0) is 25.0 Å². The number of carbonyl (C=O) groups is 1. The molecule has 0 radical (unpaired) electrons. The van der Waals surface area contributed by atoms with Gasteiger partial charge in [-0.3, -0.25) is 9.78 Å². The first-order chi connectivity index (χ1) is 9.00. The lowest BCUT2D eigenvalue weighted by Crippen LogP contribution is -2.34. The molecule has 1 unspecified atom stereocenters. The molecule has 0 spiro atoms. The zero-order chi connectivity index (χ0) is 13.9. The van der Waals surface area contributed by atoms with E-state index >= 15 is 0 Å². The molecule has 2 N–H and O–H groups in total. The van der Waals surface area contributed by atoms with Gasteiger partial charge in [-0.15, -0.1) is 0 Å². The molecular formula is C12H17N3O3S. The maximum Gasteiger partial charge on any atom is 0.269 e. The average molecular weight is 283 g/mol. The van der Waals surface area contributed by atoms with E-state index in [1.165, 1.54) is 13.2 Å². The van der Waals surface area contributed by atoms with Crippen LogP contribution < -0.4 is 10.6 Å². The van der Waals surface area contributed by atoms with Crippen LogP contribution in [-0.2, 0) is 9.84 Å². The van der Waals surface area contributed by atoms with Crippen LogP contribution in [0.4, 0.5) is 5.69 Å². The van der Waals surface area contributed by atoms with Crippen LogP contribution in [-0.4, -0.2) is 43.9 Å². The van der Waals surface area contributed by atoms with E-state index in [2.05, 4.69) is 15.6 Å². The number of anilines is 1. The lowest BCUT2D eigenvalue weighted by atomic mass is 10.1. The van der Waals surface area contributed by atoms with E-state index in [1.54, 1.807) is 12.1 Å². The molecule has 19 heavy (non-hydrogen) atoms. The van der Waals surface area contributed by atoms with Crippen LogP contribution in [0.3, 0.4) is 0 Å². The molecular weight excluding hydrogens is 266 g/mol. The average Bonchev–Trinajstić information content (AvgIpc) is 2.37. The van der Waals surface area contributed by atoms with E-state index in [0.717, 1.165) is 12.1 Å². The Balaban J connectivity index is 2.09. The summed E-state index contributed by atoms with van der Waals surface area (Å²) in [6, 6.07) is 3.26. The van der Waals surface area contributed by atoms with Crippen molar-refractivity contribution in [2.75, 3.05) is 23.9 Å². The van der Waals surface area contributed by atoms with Gasteiger partial charge in [0, 0.05) is 25.0 Å². The molecule has 1 atom stereocenters. The molecule has 1 saturated heterocycles. The first-order valence-corrected chi connectivity index (χ1v) is 7.97. The van der Waals surface area contributed by atoms with E-state index < -0.39 is 9.84 Å². The fourth-order valence-electron chi connectivity index (χ4n) is 2.14. The number of nitrogens with zero attached hydrogens (tertiary/aromatic N) is 1. The highest BCUT2D eigenvalue weighted by molar-refractivity contribution is 7.91. The summed E-state index contributed by atoms with van der Waals surface area (Å²) in [4.78, 5) is 15.4. The SMILES string of the molecule is CNC(=O)c1cc(NC2CCCS(=O)(=O)C2)ccn1. The van der Waals surface area contributed by atoms with Crippen LogP contribution >= 0.6 is 0 Å². The van der Waals surface area contributed by atoms with Crippen LogP contribution in [0, 0.1) is 0 Å². The van der Waals surface area contributed by atoms with Crippen molar-refractivity contribution in [3.8, 4) is 0 Å². The van der Waals surface area contributed by atoms with Crippen molar-refractivity contribution in [1.29, 1.82) is 0 Å². The van der Waals surface area contributed by atoms with Crippen molar-refractivity contribution < 1.29 is 13.2 Å². The van der Waals surface area contributed by atoms with Gasteiger partial charge in [0.1, 0.15) is 5.69 Å². The number of nitrogens with one attached hydrogen (secondary N) is 2. The normalized spacial score (nSPS) is 21.6. The first kappa shape index (κ1) is 13.8. The number of aromatic nitrogens is 1. The second kappa shape index (κ2) is 5.56. The topological polar surface area (TPSA) is 88.2 Å². The second-order valence-electron chi connectivity index (χ2n) is 4.61. The van der Waals surface area contributed by atoms with E-state index in [4.69, 9.17) is 0 Å². The van der Waals surface area contributed by atoms with Gasteiger partial charge in [0.2, 0.25) is 0 Å². The summed E-state index contributed by atoms with van der Waals surface area (Å²) >= 11 is 0. The predicted molar refractivity (Wildman–Crippen MR) is 72.9 cm³/mol. The highest BCUT2D eigenvalue weighted by Crippen LogP contribution is 2.17. The van der Waals surface area contributed by atoms with Gasteiger partial charge >= 0.3 is 0 Å². The van der Waals surface area contributed by atoms with Gasteiger partial charge in [0.15, 0.2) is 9.84 Å². The van der Waals surface area contributed by atoms with E-state index in [1.807, 2.05) is 0 Å². The van der Waals surface area contributed by atoms with Crippen molar-refractivity contribution in [2.45, 2.75) is 18.9 Å². The lowest BCUT2D eigenvalue weighted by molar-refractivity contribution is 0.0958. The molecule has 1 aliphatic rings. The molecule has 0 bridgehead atoms. The summed E-state index contributed by atoms with van der Waals surface area (Å²) < 4.78 is 23.1. The fourth-order valence-corrected chi connectivity index (χ4v) is 3.78. The molecule has 6 nitrogen and oxygen atoms in total. The Morgan fingerprint density at radius 3 is 2.95 bits per heavy atom. The molecule has 7 heteroatoms. The molecule has 1 fully saturated rings. The number of sulfone groups is 1. The van der Waals surface area contributed by atoms with E-state index in [9.17, 15) is 13.2 Å². The Bertz CT molecular complexity index is 571. The molecule has 104 valence electrons. The minimum absolute atomic E-state index is 0.0984. The summed E-state index contributed by atoms with van der Waals surface area (Å²) in [7, 11) is -1.40. The predicted octanol–water partition coefficient (Wildman–Crippen LogP) is 0.430. The Kier molecular flexibility index (Phi) is 4.04. The zero-order valence-corrected chi connectivity index (χ0v) is 11.5. The van der Waals surface area contributed by atoms with Gasteiger partial charge in [0.05, 0.1) is 11.5 Å². The van der Waals surface area contributed by atoms with Crippen molar-refractivity contribution in [2.24, 2.45) is 0 Å². The van der Waals surface area contributed by atoms with Crippen LogP contribution in [0.5, 0.6) is 0 Å². The summed E-state index contributed by atoms with van der Waals surface area (Å²) in [6.45, 7) is 0. The summed E-state index contributed by atoms with van der Waals surface area (Å²) in [6.07, 6.45) is 3.02. The number of amides is 1. The van der Waals surface area contributed by atoms with Gasteiger partial charge < -0.3 is 10.6 Å². The standard InChI is InChI=1S/C12H17N3O3S/c1-13-12(16)11-7-9(4-5-14-11)15-10-3-2-6-19(17,18)8-10/h4-5,7,10H,2-3,6,8H2,1H3,(H,13,16)(H,14,15). The summed E-state index contributed by atoms with van der Waals surface area (Å²) in [5.74, 6) is 0.148. The quantitative estimate of drug-likeness (QED) is 0.840. The minimum atomic E-state index is -2.94. The lowest BCUT2D eigenvalue weighted by Gasteiger charge is -2.24. The molecule has 1 amide bonds. The molecule has 1 aromatic heterocycles. The Morgan fingerprint density at radius 1 is 1.47 bits per heavy atom. The smallest absolute Gasteiger partial charge is 0.269 e. The molecule has 0 saturated carbocycles. The summed E-state index contributed by atoms with van der Waals surface area (Å²) in [5.41, 5.74) is 1.03. The van der Waals surface area contributed by atoms with Crippen molar-refractivity contribution in [3.05, 3.63) is 24.0 Å². The Labute approximate surface area is 112 Å². The third-order valence-electron chi connectivity index (χ3n) is 3.05. The van der Waals surface area contributed by atoms with Crippen molar-refractivity contribution in [3.63, 3.8) is 0 Å². The van der Waals surface area contributed by atoms with Crippen molar-refractivity contribution in [1.82, 2.24) is 10.3 Å². The van der Waals surface area contributed by atoms with Crippen LogP contribution in [0.15, 0.2) is 18.3 Å². The van der Waals surface area contributed by atoms with E-state index in [0.29, 0.717) is 12.1 Å². The third kappa shape index (κ3) is 3.66. The number of hydrogen-bond acceptors (Lipinski definition) is 5. The van der Waals surface area contributed by atoms with Gasteiger partial charge in [-0.2, -0.15) is 0 Å². The second-order valence-corrected chi connectivity index (χ2v) is 6.84. The minimum Gasteiger partial charge on any atom is -0.381 e. The van der Waals surface area contributed by atoms with Crippen molar-refractivity contribution >= 4 is 21.4 Å². The number of rotatable bonds is 3. The number of pyridine rings is 1. The molecule has 0 aliphatic carbocycles. The molecule has 0 aromatic carbocycles. The molecule has 1 aromatic rings. The fraction of sp³-hybridized carbons (Fsp3) is 0.500. The van der Waals surface area contributed by atoms with Crippen LogP contribution in [0.25, 0.3) is 0 Å². The Hall–Kier alpha value is -1.63. The maximum atomic E-state index is 11.6. The highest BCUT2D eigenvalue weighted by atomic mass is 32.2. The van der Waals surface area contributed by atoms with Gasteiger partial charge in [0.25, 0.3) is 5.91 Å². The zero-order valence-electron chi connectivity index (χ0n) is 10.7. The van der Waals surface area contributed by atoms with Gasteiger partial charge in [-0.1, -0.05) is 0 Å². The highest BCUT2D eigenvalue weighted by Gasteiger charge is 2.24. The molecule has 2 heterocycles. The number of hydrogen-bond donors (Lipinski definition) is 2. The molecule has 2 rings (SSSR count). The summed E-state index contributed by atoms with van der Waals surface area (Å²) in [5, 5.41) is 5.66. The third-order valence-corrected chi connectivity index (χ3v) is 4.87. The number of carbonyl (C=O) groups excluding carboxylic acids is 1. The van der Waals surface area contributed by atoms with E-state index in [-0.39, 0.29) is 23.5 Å². The van der Waals surface area contributed by atoms with Crippen LogP contribution in [0.1, 0.15) is 23.3 Å². The van der Waals surface area contributed by atoms with Gasteiger partial charge in [-0.25, -0.2) is 8.42 Å². The first-order valence-electron chi connectivity index (χ1n) is 6.15. The van der Waals surface area contributed by atoms with Crippen LogP contribution in [0.2, 0.25) is 0 Å². The largest absolute Gasteiger partial charge is 0.381 e. The monoisotopic (exact) mass is 283 g/mol. The molecule has 1 aliphatic heterocycles. The Morgan fingerprint density at radius 2 is 2.26 bits per heavy atom.